The second kappa shape index (κ2) is 9.21. The van der Waals surface area contributed by atoms with E-state index in [1.165, 1.54) is 19.3 Å². The van der Waals surface area contributed by atoms with Gasteiger partial charge < -0.3 is 19.3 Å². The lowest BCUT2D eigenvalue weighted by atomic mass is 10.0. The highest BCUT2D eigenvalue weighted by Gasteiger charge is 2.24. The SMILES string of the molecule is CCn1c(COc2ccc(Cl)cc2)c(C(O)CN2CCCCC2)c2ccccc21. The molecule has 1 aliphatic rings. The fourth-order valence-electron chi connectivity index (χ4n) is 4.43. The highest BCUT2D eigenvalue weighted by Crippen LogP contribution is 2.33. The van der Waals surface area contributed by atoms with Crippen molar-refractivity contribution in [3.8, 4) is 5.75 Å². The third-order valence-electron chi connectivity index (χ3n) is 5.84. The van der Waals surface area contributed by atoms with Crippen molar-refractivity contribution in [2.24, 2.45) is 0 Å². The minimum atomic E-state index is -0.533. The molecule has 2 heterocycles. The average molecular weight is 413 g/mol. The summed E-state index contributed by atoms with van der Waals surface area (Å²) in [5.74, 6) is 0.777. The Hall–Kier alpha value is -2.01. The maximum Gasteiger partial charge on any atom is 0.129 e. The highest BCUT2D eigenvalue weighted by atomic mass is 35.5. The smallest absolute Gasteiger partial charge is 0.129 e. The van der Waals surface area contributed by atoms with Gasteiger partial charge in [0.15, 0.2) is 0 Å². The van der Waals surface area contributed by atoms with Gasteiger partial charge in [-0.3, -0.25) is 0 Å². The van der Waals surface area contributed by atoms with Crippen molar-refractivity contribution in [3.63, 3.8) is 0 Å². The maximum atomic E-state index is 11.3. The molecular weight excluding hydrogens is 384 g/mol. The average Bonchev–Trinajstić information content (AvgIpc) is 3.07. The van der Waals surface area contributed by atoms with Crippen LogP contribution in [0.4, 0.5) is 0 Å². The molecule has 0 saturated carbocycles. The van der Waals surface area contributed by atoms with Crippen molar-refractivity contribution in [3.05, 3.63) is 64.8 Å². The van der Waals surface area contributed by atoms with Crippen LogP contribution in [0.15, 0.2) is 48.5 Å². The quantitative estimate of drug-likeness (QED) is 0.563. The van der Waals surface area contributed by atoms with Crippen molar-refractivity contribution in [2.45, 2.75) is 45.4 Å². The van der Waals surface area contributed by atoms with Gasteiger partial charge in [0.2, 0.25) is 0 Å². The van der Waals surface area contributed by atoms with Gasteiger partial charge in [0.05, 0.1) is 11.8 Å². The summed E-state index contributed by atoms with van der Waals surface area (Å²) in [6, 6.07) is 15.8. The Morgan fingerprint density at radius 2 is 1.76 bits per heavy atom. The van der Waals surface area contributed by atoms with Crippen molar-refractivity contribution in [2.75, 3.05) is 19.6 Å². The predicted octanol–water partition coefficient (Wildman–Crippen LogP) is 5.41. The second-order valence-corrected chi connectivity index (χ2v) is 8.18. The minimum absolute atomic E-state index is 0.413. The molecule has 0 bridgehead atoms. The van der Waals surface area contributed by atoms with E-state index >= 15 is 0 Å². The highest BCUT2D eigenvalue weighted by molar-refractivity contribution is 6.30. The lowest BCUT2D eigenvalue weighted by molar-refractivity contribution is 0.101. The molecule has 1 N–H and O–H groups in total. The molecule has 1 saturated heterocycles. The van der Waals surface area contributed by atoms with Crippen molar-refractivity contribution < 1.29 is 9.84 Å². The van der Waals surface area contributed by atoms with Crippen LogP contribution in [0, 0.1) is 0 Å². The number of aliphatic hydroxyl groups is 1. The number of benzene rings is 2. The molecule has 1 unspecified atom stereocenters. The molecular formula is C24H29ClN2O2. The molecule has 2 aromatic carbocycles. The number of para-hydroxylation sites is 1. The number of likely N-dealkylation sites (tertiary alicyclic amines) is 1. The number of hydrogen-bond acceptors (Lipinski definition) is 3. The van der Waals surface area contributed by atoms with Crippen molar-refractivity contribution >= 4 is 22.5 Å². The van der Waals surface area contributed by atoms with E-state index in [1.807, 2.05) is 30.3 Å². The minimum Gasteiger partial charge on any atom is -0.487 e. The first kappa shape index (κ1) is 20.3. The molecule has 1 aliphatic heterocycles. The van der Waals surface area contributed by atoms with E-state index in [0.29, 0.717) is 18.2 Å². The summed E-state index contributed by atoms with van der Waals surface area (Å²) in [7, 11) is 0. The zero-order valence-electron chi connectivity index (χ0n) is 17.0. The summed E-state index contributed by atoms with van der Waals surface area (Å²) >= 11 is 5.99. The fourth-order valence-corrected chi connectivity index (χ4v) is 4.56. The molecule has 0 radical (unpaired) electrons. The first-order valence-corrected chi connectivity index (χ1v) is 10.9. The second-order valence-electron chi connectivity index (χ2n) is 7.74. The van der Waals surface area contributed by atoms with E-state index in [2.05, 4.69) is 34.6 Å². The number of aryl methyl sites for hydroxylation is 1. The van der Waals surface area contributed by atoms with Crippen molar-refractivity contribution in [1.29, 1.82) is 0 Å². The van der Waals surface area contributed by atoms with Crippen LogP contribution < -0.4 is 4.74 Å². The van der Waals surface area contributed by atoms with Gasteiger partial charge in [0.1, 0.15) is 12.4 Å². The predicted molar refractivity (Wildman–Crippen MR) is 119 cm³/mol. The standard InChI is InChI=1S/C24H29ClN2O2/c1-2-27-21-9-5-4-8-20(21)24(23(28)16-26-14-6-3-7-15-26)22(27)17-29-19-12-10-18(25)11-13-19/h4-5,8-13,23,28H,2-3,6-7,14-17H2,1H3. The summed E-state index contributed by atoms with van der Waals surface area (Å²) in [4.78, 5) is 2.38. The molecule has 4 nitrogen and oxygen atoms in total. The third kappa shape index (κ3) is 4.45. The summed E-state index contributed by atoms with van der Waals surface area (Å²) < 4.78 is 8.36. The first-order chi connectivity index (χ1) is 14.2. The van der Waals surface area contributed by atoms with Crippen LogP contribution in [0.1, 0.15) is 43.5 Å². The van der Waals surface area contributed by atoms with Crippen LogP contribution >= 0.6 is 11.6 Å². The number of aliphatic hydroxyl groups excluding tert-OH is 1. The zero-order chi connectivity index (χ0) is 20.2. The van der Waals surface area contributed by atoms with Gasteiger partial charge in [-0.05, 0) is 63.2 Å². The number of β-amino-alcohol motifs (C(OH)–C–C–N with tert-alkyl or cyclic N) is 1. The number of ether oxygens (including phenoxy) is 1. The van der Waals surface area contributed by atoms with Crippen LogP contribution in [-0.2, 0) is 13.2 Å². The number of halogens is 1. The zero-order valence-corrected chi connectivity index (χ0v) is 17.7. The van der Waals surface area contributed by atoms with Gasteiger partial charge in [-0.25, -0.2) is 0 Å². The van der Waals surface area contributed by atoms with E-state index in [4.69, 9.17) is 16.3 Å². The lowest BCUT2D eigenvalue weighted by Crippen LogP contribution is -2.33. The Kier molecular flexibility index (Phi) is 6.43. The molecule has 1 atom stereocenters. The Labute approximate surface area is 177 Å². The van der Waals surface area contributed by atoms with Crippen molar-refractivity contribution in [1.82, 2.24) is 9.47 Å². The number of hydrogen-bond donors (Lipinski definition) is 1. The number of rotatable bonds is 7. The molecule has 0 spiro atoms. The molecule has 29 heavy (non-hydrogen) atoms. The van der Waals surface area contributed by atoms with Crippen LogP contribution in [0.5, 0.6) is 5.75 Å². The fraction of sp³-hybridized carbons (Fsp3) is 0.417. The summed E-state index contributed by atoms with van der Waals surface area (Å²) in [5, 5.41) is 13.1. The van der Waals surface area contributed by atoms with Gasteiger partial charge in [0.25, 0.3) is 0 Å². The van der Waals surface area contributed by atoms with Gasteiger partial charge in [-0.1, -0.05) is 36.2 Å². The Morgan fingerprint density at radius 1 is 1.03 bits per heavy atom. The van der Waals surface area contributed by atoms with Gasteiger partial charge >= 0.3 is 0 Å². The molecule has 0 aliphatic carbocycles. The van der Waals surface area contributed by atoms with Crippen LogP contribution in [-0.4, -0.2) is 34.2 Å². The summed E-state index contributed by atoms with van der Waals surface area (Å²) in [5.41, 5.74) is 3.20. The van der Waals surface area contributed by atoms with Gasteiger partial charge in [0, 0.05) is 34.6 Å². The number of piperidine rings is 1. The third-order valence-corrected chi connectivity index (χ3v) is 6.09. The largest absolute Gasteiger partial charge is 0.487 e. The first-order valence-electron chi connectivity index (χ1n) is 10.6. The van der Waals surface area contributed by atoms with Crippen LogP contribution in [0.25, 0.3) is 10.9 Å². The molecule has 5 heteroatoms. The Bertz CT molecular complexity index is 945. The molecule has 0 amide bonds. The number of fused-ring (bicyclic) bond motifs is 1. The van der Waals surface area contributed by atoms with E-state index in [9.17, 15) is 5.11 Å². The van der Waals surface area contributed by atoms with E-state index in [-0.39, 0.29) is 0 Å². The van der Waals surface area contributed by atoms with Gasteiger partial charge in [-0.2, -0.15) is 0 Å². The van der Waals surface area contributed by atoms with Crippen LogP contribution in [0.2, 0.25) is 5.02 Å². The monoisotopic (exact) mass is 412 g/mol. The van der Waals surface area contributed by atoms with E-state index < -0.39 is 6.10 Å². The van der Waals surface area contributed by atoms with Crippen LogP contribution in [0.3, 0.4) is 0 Å². The molecule has 1 aromatic heterocycles. The number of aromatic nitrogens is 1. The molecule has 3 aromatic rings. The molecule has 1 fully saturated rings. The van der Waals surface area contributed by atoms with E-state index in [1.54, 1.807) is 0 Å². The number of nitrogens with zero attached hydrogens (tertiary/aromatic N) is 2. The molecule has 4 rings (SSSR count). The van der Waals surface area contributed by atoms with E-state index in [0.717, 1.165) is 47.5 Å². The normalized spacial score (nSPS) is 16.2. The van der Waals surface area contributed by atoms with Gasteiger partial charge in [-0.15, -0.1) is 0 Å². The summed E-state index contributed by atoms with van der Waals surface area (Å²) in [6.45, 7) is 6.19. The lowest BCUT2D eigenvalue weighted by Gasteiger charge is -2.29. The molecule has 154 valence electrons. The Balaban J connectivity index is 1.66. The summed E-state index contributed by atoms with van der Waals surface area (Å²) in [6.07, 6.45) is 3.20. The Morgan fingerprint density at radius 3 is 2.48 bits per heavy atom. The topological polar surface area (TPSA) is 37.6 Å². The maximum absolute atomic E-state index is 11.3.